The average molecular weight is 321 g/mol. The molecule has 7 heteroatoms. The van der Waals surface area contributed by atoms with Crippen molar-refractivity contribution < 1.29 is 8.42 Å². The predicted molar refractivity (Wildman–Crippen MR) is 83.9 cm³/mol. The number of hydrogen-bond acceptors (Lipinski definition) is 4. The third kappa shape index (κ3) is 2.99. The van der Waals surface area contributed by atoms with Gasteiger partial charge in [0, 0.05) is 11.4 Å². The minimum atomic E-state index is -3.44. The smallest absolute Gasteiger partial charge is 0.250 e. The van der Waals surface area contributed by atoms with E-state index in [1.807, 2.05) is 32.0 Å². The highest BCUT2D eigenvalue weighted by Crippen LogP contribution is 2.21. The lowest BCUT2D eigenvalue weighted by atomic mass is 10.2. The minimum absolute atomic E-state index is 0.257. The number of sulfonamides is 1. The molecule has 21 heavy (non-hydrogen) atoms. The number of H-pyrrole nitrogens is 1. The van der Waals surface area contributed by atoms with Gasteiger partial charge in [-0.15, -0.1) is 11.3 Å². The van der Waals surface area contributed by atoms with Crippen LogP contribution in [0.2, 0.25) is 0 Å². The number of thiophene rings is 1. The molecule has 0 saturated carbocycles. The first-order valence-electron chi connectivity index (χ1n) is 6.45. The van der Waals surface area contributed by atoms with Gasteiger partial charge in [0.25, 0.3) is 0 Å². The fourth-order valence-corrected chi connectivity index (χ4v) is 4.45. The van der Waals surface area contributed by atoms with Crippen molar-refractivity contribution >= 4 is 32.4 Å². The zero-order valence-corrected chi connectivity index (χ0v) is 13.3. The highest BCUT2D eigenvalue weighted by atomic mass is 32.2. The Morgan fingerprint density at radius 2 is 2.05 bits per heavy atom. The van der Waals surface area contributed by atoms with Crippen molar-refractivity contribution in [3.05, 3.63) is 46.6 Å². The Bertz CT molecular complexity index is 894. The van der Waals surface area contributed by atoms with Gasteiger partial charge >= 0.3 is 0 Å². The van der Waals surface area contributed by atoms with Crippen molar-refractivity contribution in [3.8, 4) is 0 Å². The Hall–Kier alpha value is -1.70. The molecule has 0 aliphatic heterocycles. The molecular formula is C14H15N3O2S2. The third-order valence-corrected chi connectivity index (χ3v) is 6.01. The van der Waals surface area contributed by atoms with Gasteiger partial charge in [-0.2, -0.15) is 0 Å². The van der Waals surface area contributed by atoms with E-state index in [-0.39, 0.29) is 6.54 Å². The number of hydrogen-bond donors (Lipinski definition) is 2. The third-order valence-electron chi connectivity index (χ3n) is 3.11. The van der Waals surface area contributed by atoms with Gasteiger partial charge in [-0.05, 0) is 43.7 Å². The summed E-state index contributed by atoms with van der Waals surface area (Å²) in [6.45, 7) is 4.03. The standard InChI is InChI=1S/C14H15N3O2S2/c1-9-3-6-14(20-9)21(18,19)15-8-11-4-5-12-13(7-11)17-10(2)16-12/h3-7,15H,8H2,1-2H3,(H,16,17). The zero-order valence-electron chi connectivity index (χ0n) is 11.7. The molecule has 0 spiro atoms. The Morgan fingerprint density at radius 1 is 1.24 bits per heavy atom. The molecule has 0 amide bonds. The van der Waals surface area contributed by atoms with Gasteiger partial charge in [-0.1, -0.05) is 6.07 Å². The second-order valence-electron chi connectivity index (χ2n) is 4.86. The van der Waals surface area contributed by atoms with E-state index >= 15 is 0 Å². The number of imidazole rings is 1. The maximum atomic E-state index is 12.2. The maximum Gasteiger partial charge on any atom is 0.250 e. The molecule has 0 fully saturated rings. The molecule has 1 aromatic carbocycles. The number of nitrogens with zero attached hydrogens (tertiary/aromatic N) is 1. The van der Waals surface area contributed by atoms with Crippen molar-refractivity contribution in [1.82, 2.24) is 14.7 Å². The first kappa shape index (κ1) is 14.2. The largest absolute Gasteiger partial charge is 0.342 e. The monoisotopic (exact) mass is 321 g/mol. The van der Waals surface area contributed by atoms with E-state index in [0.29, 0.717) is 4.21 Å². The quantitative estimate of drug-likeness (QED) is 0.776. The van der Waals surface area contributed by atoms with Crippen LogP contribution in [0.3, 0.4) is 0 Å². The van der Waals surface area contributed by atoms with Gasteiger partial charge in [0.05, 0.1) is 11.0 Å². The number of benzene rings is 1. The van der Waals surface area contributed by atoms with Crippen molar-refractivity contribution in [2.45, 2.75) is 24.6 Å². The lowest BCUT2D eigenvalue weighted by molar-refractivity contribution is 0.583. The molecule has 0 radical (unpaired) electrons. The molecule has 110 valence electrons. The molecule has 0 aliphatic rings. The van der Waals surface area contributed by atoms with Crippen LogP contribution in [0.1, 0.15) is 16.3 Å². The van der Waals surface area contributed by atoms with E-state index in [1.165, 1.54) is 11.3 Å². The molecular weight excluding hydrogens is 306 g/mol. The first-order valence-corrected chi connectivity index (χ1v) is 8.75. The van der Waals surface area contributed by atoms with E-state index in [2.05, 4.69) is 14.7 Å². The maximum absolute atomic E-state index is 12.2. The Balaban J connectivity index is 1.79. The molecule has 3 aromatic rings. The fourth-order valence-electron chi connectivity index (χ4n) is 2.10. The Kier molecular flexibility index (Phi) is 3.56. The van der Waals surface area contributed by atoms with Crippen LogP contribution in [0, 0.1) is 13.8 Å². The normalized spacial score (nSPS) is 12.1. The van der Waals surface area contributed by atoms with E-state index in [4.69, 9.17) is 0 Å². The van der Waals surface area contributed by atoms with Crippen molar-refractivity contribution in [1.29, 1.82) is 0 Å². The van der Waals surface area contributed by atoms with Crippen molar-refractivity contribution in [2.75, 3.05) is 0 Å². The lowest BCUT2D eigenvalue weighted by Crippen LogP contribution is -2.22. The summed E-state index contributed by atoms with van der Waals surface area (Å²) in [4.78, 5) is 8.44. The van der Waals surface area contributed by atoms with Crippen LogP contribution in [0.25, 0.3) is 11.0 Å². The first-order chi connectivity index (χ1) is 9.94. The van der Waals surface area contributed by atoms with Gasteiger partial charge < -0.3 is 4.98 Å². The number of aromatic amines is 1. The van der Waals surface area contributed by atoms with Crippen molar-refractivity contribution in [2.24, 2.45) is 0 Å². The molecule has 0 saturated heterocycles. The van der Waals surface area contributed by atoms with E-state index in [0.717, 1.165) is 27.3 Å². The van der Waals surface area contributed by atoms with Gasteiger partial charge in [0.1, 0.15) is 10.0 Å². The summed E-state index contributed by atoms with van der Waals surface area (Å²) in [5.74, 6) is 0.844. The minimum Gasteiger partial charge on any atom is -0.342 e. The summed E-state index contributed by atoms with van der Waals surface area (Å²) in [6.07, 6.45) is 0. The summed E-state index contributed by atoms with van der Waals surface area (Å²) in [7, 11) is -3.44. The molecule has 5 nitrogen and oxygen atoms in total. The molecule has 0 aliphatic carbocycles. The van der Waals surface area contributed by atoms with E-state index < -0.39 is 10.0 Å². The second-order valence-corrected chi connectivity index (χ2v) is 8.15. The number of rotatable bonds is 4. The average Bonchev–Trinajstić information content (AvgIpc) is 3.01. The second kappa shape index (κ2) is 5.25. The van der Waals surface area contributed by atoms with E-state index in [1.54, 1.807) is 12.1 Å². The SMILES string of the molecule is Cc1nc2ccc(CNS(=O)(=O)c3ccc(C)s3)cc2[nH]1. The van der Waals surface area contributed by atoms with Gasteiger partial charge in [0.15, 0.2) is 0 Å². The molecule has 0 bridgehead atoms. The molecule has 2 aromatic heterocycles. The summed E-state index contributed by atoms with van der Waals surface area (Å²) in [5, 5.41) is 0. The molecule has 2 heterocycles. The summed E-state index contributed by atoms with van der Waals surface area (Å²) >= 11 is 1.27. The highest BCUT2D eigenvalue weighted by Gasteiger charge is 2.15. The topological polar surface area (TPSA) is 74.8 Å². The van der Waals surface area contributed by atoms with Gasteiger partial charge in [0.2, 0.25) is 10.0 Å². The molecule has 3 rings (SSSR count). The van der Waals surface area contributed by atoms with Crippen LogP contribution in [0.4, 0.5) is 0 Å². The van der Waals surface area contributed by atoms with Crippen LogP contribution in [-0.4, -0.2) is 18.4 Å². The lowest BCUT2D eigenvalue weighted by Gasteiger charge is -2.05. The Morgan fingerprint density at radius 3 is 2.76 bits per heavy atom. The van der Waals surface area contributed by atoms with Crippen LogP contribution in [0.15, 0.2) is 34.5 Å². The Labute approximate surface area is 127 Å². The number of aromatic nitrogens is 2. The van der Waals surface area contributed by atoms with Crippen LogP contribution in [0.5, 0.6) is 0 Å². The zero-order chi connectivity index (χ0) is 15.0. The summed E-state index contributed by atoms with van der Waals surface area (Å²) in [6, 6.07) is 9.11. The predicted octanol–water partition coefficient (Wildman–Crippen LogP) is 2.72. The van der Waals surface area contributed by atoms with Crippen LogP contribution in [-0.2, 0) is 16.6 Å². The van der Waals surface area contributed by atoms with Gasteiger partial charge in [-0.3, -0.25) is 0 Å². The van der Waals surface area contributed by atoms with Crippen molar-refractivity contribution in [3.63, 3.8) is 0 Å². The fraction of sp³-hybridized carbons (Fsp3) is 0.214. The van der Waals surface area contributed by atoms with Gasteiger partial charge in [-0.25, -0.2) is 18.1 Å². The molecule has 2 N–H and O–H groups in total. The number of nitrogens with one attached hydrogen (secondary N) is 2. The molecule has 0 atom stereocenters. The molecule has 0 unspecified atom stereocenters. The van der Waals surface area contributed by atoms with Crippen LogP contribution < -0.4 is 4.72 Å². The highest BCUT2D eigenvalue weighted by molar-refractivity contribution is 7.91. The summed E-state index contributed by atoms with van der Waals surface area (Å²) in [5.41, 5.74) is 2.69. The van der Waals surface area contributed by atoms with Crippen LogP contribution >= 0.6 is 11.3 Å². The number of fused-ring (bicyclic) bond motifs is 1. The van der Waals surface area contributed by atoms with E-state index in [9.17, 15) is 8.42 Å². The number of aryl methyl sites for hydroxylation is 2. The summed E-state index contributed by atoms with van der Waals surface area (Å²) < 4.78 is 27.3.